The molecule has 2 amide bonds. The van der Waals surface area contributed by atoms with Crippen molar-refractivity contribution in [2.45, 2.75) is 19.2 Å². The number of esters is 1. The summed E-state index contributed by atoms with van der Waals surface area (Å²) in [6.45, 7) is 2.70. The summed E-state index contributed by atoms with van der Waals surface area (Å²) in [5.74, 6) is -1.87. The topological polar surface area (TPSA) is 97.3 Å². The van der Waals surface area contributed by atoms with E-state index in [-0.39, 0.29) is 34.0 Å². The van der Waals surface area contributed by atoms with Gasteiger partial charge in [-0.3, -0.25) is 9.59 Å². The Labute approximate surface area is 176 Å². The second-order valence-corrected chi connectivity index (χ2v) is 7.27. The Balaban J connectivity index is 1.85. The fraction of sp³-hybridized carbons (Fsp3) is 0.200. The Kier molecular flexibility index (Phi) is 6.36. The molecule has 1 aliphatic heterocycles. The lowest BCUT2D eigenvalue weighted by atomic mass is 10.2. The molecule has 30 heavy (non-hydrogen) atoms. The molecule has 0 aliphatic carbocycles. The number of ether oxygens (including phenoxy) is 2. The van der Waals surface area contributed by atoms with Crippen molar-refractivity contribution in [2.75, 3.05) is 7.11 Å². The summed E-state index contributed by atoms with van der Waals surface area (Å²) in [5.41, 5.74) is 0.424. The third-order valence-electron chi connectivity index (χ3n) is 4.02. The summed E-state index contributed by atoms with van der Waals surface area (Å²) in [4.78, 5) is 35.6. The minimum absolute atomic E-state index is 0.0925. The number of carbonyl (C=O) groups excluding carboxylic acids is 3. The number of amidine groups is 1. The number of rotatable bonds is 4. The molecule has 2 aromatic carbocycles. The van der Waals surface area contributed by atoms with E-state index in [4.69, 9.17) is 9.47 Å². The van der Waals surface area contributed by atoms with E-state index in [1.807, 2.05) is 0 Å². The fourth-order valence-corrected chi connectivity index (χ4v) is 3.81. The fourth-order valence-electron chi connectivity index (χ4n) is 2.68. The summed E-state index contributed by atoms with van der Waals surface area (Å²) in [6.07, 6.45) is 0. The summed E-state index contributed by atoms with van der Waals surface area (Å²) in [5, 5.41) is 7.66. The quantitative estimate of drug-likeness (QED) is 0.590. The van der Waals surface area contributed by atoms with Gasteiger partial charge in [-0.15, -0.1) is 5.10 Å². The number of nitrogens with one attached hydrogen (secondary N) is 1. The standard InChI is InChI=1S/C20H18FN3O5S/c1-11(25)22-20-23-24(12(2)26)18(30-20)13-8-9-16(17(10-13)28-3)29-19(27)14-6-4-5-7-15(14)21/h4-10,18H,1-3H3,(H,22,23,25)/t18-/m1/s1. The van der Waals surface area contributed by atoms with Gasteiger partial charge < -0.3 is 14.8 Å². The van der Waals surface area contributed by atoms with Gasteiger partial charge in [-0.05, 0) is 29.8 Å². The van der Waals surface area contributed by atoms with Crippen molar-refractivity contribution in [3.05, 3.63) is 59.4 Å². The van der Waals surface area contributed by atoms with Crippen LogP contribution < -0.4 is 14.8 Å². The smallest absolute Gasteiger partial charge is 0.346 e. The summed E-state index contributed by atoms with van der Waals surface area (Å²) < 4.78 is 24.4. The first kappa shape index (κ1) is 21.3. The van der Waals surface area contributed by atoms with Gasteiger partial charge in [-0.2, -0.15) is 0 Å². The van der Waals surface area contributed by atoms with Crippen molar-refractivity contribution in [1.82, 2.24) is 10.3 Å². The van der Waals surface area contributed by atoms with Crippen LogP contribution in [0, 0.1) is 5.82 Å². The molecule has 0 aromatic heterocycles. The molecule has 1 atom stereocenters. The van der Waals surface area contributed by atoms with Crippen LogP contribution in [-0.2, 0) is 9.59 Å². The number of hydrogen-bond donors (Lipinski definition) is 1. The zero-order valence-corrected chi connectivity index (χ0v) is 17.2. The number of nitrogens with zero attached hydrogens (tertiary/aromatic N) is 2. The molecule has 2 aromatic rings. The first-order chi connectivity index (χ1) is 14.3. The van der Waals surface area contributed by atoms with E-state index in [9.17, 15) is 18.8 Å². The second-order valence-electron chi connectivity index (χ2n) is 6.20. The molecule has 156 valence electrons. The number of halogens is 1. The summed E-state index contributed by atoms with van der Waals surface area (Å²) in [7, 11) is 1.39. The van der Waals surface area contributed by atoms with Crippen LogP contribution in [0.2, 0.25) is 0 Å². The molecule has 0 saturated heterocycles. The van der Waals surface area contributed by atoms with Crippen molar-refractivity contribution in [1.29, 1.82) is 0 Å². The lowest BCUT2D eigenvalue weighted by molar-refractivity contribution is -0.129. The lowest BCUT2D eigenvalue weighted by Crippen LogP contribution is -2.25. The highest BCUT2D eigenvalue weighted by Gasteiger charge is 2.33. The van der Waals surface area contributed by atoms with E-state index < -0.39 is 17.2 Å². The van der Waals surface area contributed by atoms with Gasteiger partial charge in [0.2, 0.25) is 11.8 Å². The largest absolute Gasteiger partial charge is 0.493 e. The molecular weight excluding hydrogens is 413 g/mol. The summed E-state index contributed by atoms with van der Waals surface area (Å²) in [6, 6.07) is 10.2. The Hall–Kier alpha value is -3.40. The molecule has 8 nitrogen and oxygen atoms in total. The van der Waals surface area contributed by atoms with Crippen molar-refractivity contribution in [3.63, 3.8) is 0 Å². The van der Waals surface area contributed by atoms with Gasteiger partial charge in [0.1, 0.15) is 11.2 Å². The van der Waals surface area contributed by atoms with Crippen LogP contribution in [0.15, 0.2) is 47.6 Å². The van der Waals surface area contributed by atoms with Gasteiger partial charge in [0.05, 0.1) is 12.7 Å². The molecule has 0 spiro atoms. The SMILES string of the molecule is COc1cc([C@H]2SC(NC(C)=O)=NN2C(C)=O)ccc1OC(=O)c1ccccc1F. The summed E-state index contributed by atoms with van der Waals surface area (Å²) >= 11 is 1.18. The maximum atomic E-state index is 13.8. The zero-order valence-electron chi connectivity index (χ0n) is 16.3. The van der Waals surface area contributed by atoms with Gasteiger partial charge in [0, 0.05) is 13.8 Å². The first-order valence-electron chi connectivity index (χ1n) is 8.77. The molecule has 0 radical (unpaired) electrons. The monoisotopic (exact) mass is 431 g/mol. The normalized spacial score (nSPS) is 15.4. The predicted octanol–water partition coefficient (Wildman–Crippen LogP) is 3.05. The molecular formula is C20H18FN3O5S. The van der Waals surface area contributed by atoms with Gasteiger partial charge in [0.15, 0.2) is 16.7 Å². The van der Waals surface area contributed by atoms with E-state index in [2.05, 4.69) is 10.4 Å². The highest BCUT2D eigenvalue weighted by molar-refractivity contribution is 8.14. The third kappa shape index (κ3) is 4.60. The number of methoxy groups -OCH3 is 1. The van der Waals surface area contributed by atoms with Gasteiger partial charge in [-0.25, -0.2) is 14.2 Å². The maximum absolute atomic E-state index is 13.8. The van der Waals surface area contributed by atoms with Crippen LogP contribution in [0.1, 0.15) is 35.1 Å². The van der Waals surface area contributed by atoms with Gasteiger partial charge >= 0.3 is 5.97 Å². The number of thioether (sulfide) groups is 1. The molecule has 0 fully saturated rings. The number of carbonyl (C=O) groups is 3. The predicted molar refractivity (Wildman–Crippen MR) is 108 cm³/mol. The molecule has 0 saturated carbocycles. The number of hydrazone groups is 1. The maximum Gasteiger partial charge on any atom is 0.346 e. The molecule has 0 unspecified atom stereocenters. The van der Waals surface area contributed by atoms with Crippen molar-refractivity contribution in [3.8, 4) is 11.5 Å². The van der Waals surface area contributed by atoms with Crippen LogP contribution in [0.5, 0.6) is 11.5 Å². The highest BCUT2D eigenvalue weighted by atomic mass is 32.2. The van der Waals surface area contributed by atoms with Crippen LogP contribution in [0.4, 0.5) is 4.39 Å². The number of hydrogen-bond acceptors (Lipinski definition) is 7. The average molecular weight is 431 g/mol. The molecule has 0 bridgehead atoms. The minimum atomic E-state index is -0.865. The Morgan fingerprint density at radius 2 is 1.87 bits per heavy atom. The van der Waals surface area contributed by atoms with Crippen molar-refractivity contribution >= 4 is 34.7 Å². The van der Waals surface area contributed by atoms with Crippen molar-refractivity contribution < 1.29 is 28.2 Å². The van der Waals surface area contributed by atoms with E-state index in [0.717, 1.165) is 6.07 Å². The van der Waals surface area contributed by atoms with Crippen LogP contribution in [0.3, 0.4) is 0 Å². The highest BCUT2D eigenvalue weighted by Crippen LogP contribution is 2.41. The molecule has 1 heterocycles. The minimum Gasteiger partial charge on any atom is -0.493 e. The zero-order chi connectivity index (χ0) is 21.8. The van der Waals surface area contributed by atoms with E-state index in [0.29, 0.717) is 5.56 Å². The van der Waals surface area contributed by atoms with Crippen LogP contribution in [0.25, 0.3) is 0 Å². The Bertz CT molecular complexity index is 1040. The Morgan fingerprint density at radius 1 is 1.13 bits per heavy atom. The van der Waals surface area contributed by atoms with Gasteiger partial charge in [-0.1, -0.05) is 30.0 Å². The molecule has 1 N–H and O–H groups in total. The van der Waals surface area contributed by atoms with Crippen LogP contribution in [-0.4, -0.2) is 35.1 Å². The molecule has 1 aliphatic rings. The second kappa shape index (κ2) is 8.95. The molecule has 10 heteroatoms. The third-order valence-corrected chi connectivity index (χ3v) is 5.12. The number of benzene rings is 2. The number of amides is 2. The van der Waals surface area contributed by atoms with E-state index in [1.165, 1.54) is 62.0 Å². The Morgan fingerprint density at radius 3 is 2.50 bits per heavy atom. The van der Waals surface area contributed by atoms with Crippen LogP contribution >= 0.6 is 11.8 Å². The first-order valence-corrected chi connectivity index (χ1v) is 9.65. The van der Waals surface area contributed by atoms with Gasteiger partial charge in [0.25, 0.3) is 0 Å². The average Bonchev–Trinajstić information content (AvgIpc) is 3.12. The van der Waals surface area contributed by atoms with E-state index in [1.54, 1.807) is 12.1 Å². The van der Waals surface area contributed by atoms with Crippen molar-refractivity contribution in [2.24, 2.45) is 5.10 Å². The lowest BCUT2D eigenvalue weighted by Gasteiger charge is -2.20. The van der Waals surface area contributed by atoms with E-state index >= 15 is 0 Å². The molecule has 3 rings (SSSR count).